The largest absolute Gasteiger partial charge is 0.481 e. The van der Waals surface area contributed by atoms with Crippen LogP contribution in [-0.2, 0) is 9.53 Å². The molecule has 132 valence electrons. The normalized spacial score (nSPS) is 16.3. The third-order valence-corrected chi connectivity index (χ3v) is 4.53. The van der Waals surface area contributed by atoms with Gasteiger partial charge in [-0.05, 0) is 49.1 Å². The molecule has 7 heteroatoms. The van der Waals surface area contributed by atoms with E-state index in [1.54, 1.807) is 35.1 Å². The fraction of sp³-hybridized carbons (Fsp3) is 0.389. The molecule has 1 aromatic heterocycles. The van der Waals surface area contributed by atoms with Crippen molar-refractivity contribution >= 4 is 11.9 Å². The number of nitrogens with one attached hydrogen (secondary N) is 1. The molecule has 0 spiro atoms. The summed E-state index contributed by atoms with van der Waals surface area (Å²) in [6.45, 7) is 1.29. The number of nitrogens with zero attached hydrogens (tertiary/aromatic N) is 2. The fourth-order valence-corrected chi connectivity index (χ4v) is 3.07. The predicted molar refractivity (Wildman–Crippen MR) is 90.6 cm³/mol. The van der Waals surface area contributed by atoms with Crippen molar-refractivity contribution in [2.45, 2.75) is 12.8 Å². The van der Waals surface area contributed by atoms with Gasteiger partial charge in [-0.3, -0.25) is 9.59 Å². The molecule has 1 amide bonds. The van der Waals surface area contributed by atoms with E-state index >= 15 is 0 Å². The van der Waals surface area contributed by atoms with Crippen LogP contribution in [0.15, 0.2) is 42.7 Å². The van der Waals surface area contributed by atoms with Crippen LogP contribution in [0.2, 0.25) is 0 Å². The molecular weight excluding hydrogens is 322 g/mol. The van der Waals surface area contributed by atoms with Crippen molar-refractivity contribution in [2.75, 3.05) is 19.8 Å². The van der Waals surface area contributed by atoms with Crippen LogP contribution in [-0.4, -0.2) is 46.5 Å². The number of aromatic nitrogens is 2. The minimum atomic E-state index is -0.874. The number of carbonyl (C=O) groups is 2. The second-order valence-corrected chi connectivity index (χ2v) is 6.10. The van der Waals surface area contributed by atoms with Crippen LogP contribution in [0, 0.1) is 11.8 Å². The molecule has 1 saturated heterocycles. The third kappa shape index (κ3) is 4.24. The van der Waals surface area contributed by atoms with Gasteiger partial charge in [-0.15, -0.1) is 0 Å². The van der Waals surface area contributed by atoms with Crippen molar-refractivity contribution in [3.63, 3.8) is 0 Å². The highest BCUT2D eigenvalue weighted by atomic mass is 16.5. The van der Waals surface area contributed by atoms with Crippen molar-refractivity contribution in [3.05, 3.63) is 48.3 Å². The monoisotopic (exact) mass is 343 g/mol. The van der Waals surface area contributed by atoms with E-state index in [9.17, 15) is 14.7 Å². The SMILES string of the molecule is O=C(NCC(C(=O)O)C1CCOCC1)c1ccc(-n2cccn2)cc1. The lowest BCUT2D eigenvalue weighted by Gasteiger charge is -2.27. The Morgan fingerprint density at radius 2 is 2.00 bits per heavy atom. The van der Waals surface area contributed by atoms with Crippen molar-refractivity contribution < 1.29 is 19.4 Å². The summed E-state index contributed by atoms with van der Waals surface area (Å²) in [5, 5.41) is 16.3. The topological polar surface area (TPSA) is 93.5 Å². The second-order valence-electron chi connectivity index (χ2n) is 6.10. The van der Waals surface area contributed by atoms with Crippen molar-refractivity contribution in [1.29, 1.82) is 0 Å². The molecular formula is C18H21N3O4. The standard InChI is InChI=1S/C18H21N3O4/c22-17(14-2-4-15(5-3-14)21-9-1-8-20-21)19-12-16(18(23)24)13-6-10-25-11-7-13/h1-5,8-9,13,16H,6-7,10-12H2,(H,19,22)(H,23,24). The molecule has 0 radical (unpaired) electrons. The Kier molecular flexibility index (Phi) is 5.45. The molecule has 1 fully saturated rings. The van der Waals surface area contributed by atoms with Crippen LogP contribution in [0.1, 0.15) is 23.2 Å². The Morgan fingerprint density at radius 1 is 1.28 bits per heavy atom. The summed E-state index contributed by atoms with van der Waals surface area (Å²) in [5.74, 6) is -1.70. The Morgan fingerprint density at radius 3 is 2.60 bits per heavy atom. The quantitative estimate of drug-likeness (QED) is 0.833. The van der Waals surface area contributed by atoms with Gasteiger partial charge in [0.1, 0.15) is 0 Å². The fourth-order valence-electron chi connectivity index (χ4n) is 3.07. The van der Waals surface area contributed by atoms with E-state index in [-0.39, 0.29) is 18.4 Å². The molecule has 1 aliphatic rings. The minimum absolute atomic E-state index is 0.0359. The summed E-state index contributed by atoms with van der Waals surface area (Å²) in [5.41, 5.74) is 1.35. The Bertz CT molecular complexity index is 706. The van der Waals surface area contributed by atoms with Gasteiger partial charge in [-0.1, -0.05) is 0 Å². The van der Waals surface area contributed by atoms with Gasteiger partial charge in [0.2, 0.25) is 0 Å². The summed E-state index contributed by atoms with van der Waals surface area (Å²) >= 11 is 0. The van der Waals surface area contributed by atoms with E-state index in [0.29, 0.717) is 31.6 Å². The summed E-state index contributed by atoms with van der Waals surface area (Å²) in [6, 6.07) is 8.83. The molecule has 2 N–H and O–H groups in total. The summed E-state index contributed by atoms with van der Waals surface area (Å²) in [4.78, 5) is 23.8. The minimum Gasteiger partial charge on any atom is -0.481 e. The van der Waals surface area contributed by atoms with Crippen molar-refractivity contribution in [1.82, 2.24) is 15.1 Å². The number of carboxylic acid groups (broad SMARTS) is 1. The molecule has 1 unspecified atom stereocenters. The number of hydrogen-bond acceptors (Lipinski definition) is 4. The first-order valence-corrected chi connectivity index (χ1v) is 8.34. The van der Waals surface area contributed by atoms with Crippen LogP contribution < -0.4 is 5.32 Å². The first kappa shape index (κ1) is 17.2. The van der Waals surface area contributed by atoms with E-state index in [0.717, 1.165) is 5.69 Å². The highest BCUT2D eigenvalue weighted by molar-refractivity contribution is 5.94. The summed E-state index contributed by atoms with van der Waals surface area (Å²) in [6.07, 6.45) is 4.93. The first-order chi connectivity index (χ1) is 12.1. The van der Waals surface area contributed by atoms with Gasteiger partial charge in [0.05, 0.1) is 11.6 Å². The van der Waals surface area contributed by atoms with Gasteiger partial charge >= 0.3 is 5.97 Å². The Labute approximate surface area is 145 Å². The molecule has 0 aliphatic carbocycles. The summed E-state index contributed by atoms with van der Waals surface area (Å²) < 4.78 is 6.98. The highest BCUT2D eigenvalue weighted by Crippen LogP contribution is 2.23. The number of aliphatic carboxylic acids is 1. The maximum atomic E-state index is 12.3. The molecule has 2 heterocycles. The summed E-state index contributed by atoms with van der Waals surface area (Å²) in [7, 11) is 0. The molecule has 1 atom stereocenters. The molecule has 3 rings (SSSR count). The lowest BCUT2D eigenvalue weighted by atomic mass is 9.86. The molecule has 0 saturated carbocycles. The number of ether oxygens (including phenoxy) is 1. The van der Waals surface area contributed by atoms with Crippen LogP contribution in [0.5, 0.6) is 0 Å². The Hall–Kier alpha value is -2.67. The molecule has 1 aromatic carbocycles. The van der Waals surface area contributed by atoms with Gasteiger partial charge in [0.15, 0.2) is 0 Å². The van der Waals surface area contributed by atoms with Gasteiger partial charge < -0.3 is 15.2 Å². The average Bonchev–Trinajstić information content (AvgIpc) is 3.17. The molecule has 2 aromatic rings. The zero-order chi connectivity index (χ0) is 17.6. The van der Waals surface area contributed by atoms with E-state index in [1.165, 1.54) is 0 Å². The maximum Gasteiger partial charge on any atom is 0.308 e. The van der Waals surface area contributed by atoms with Crippen molar-refractivity contribution in [3.8, 4) is 5.69 Å². The van der Waals surface area contributed by atoms with Crippen molar-refractivity contribution in [2.24, 2.45) is 11.8 Å². The average molecular weight is 343 g/mol. The highest BCUT2D eigenvalue weighted by Gasteiger charge is 2.30. The molecule has 25 heavy (non-hydrogen) atoms. The van der Waals surface area contributed by atoms with E-state index in [1.807, 2.05) is 12.3 Å². The van der Waals surface area contributed by atoms with Crippen LogP contribution >= 0.6 is 0 Å². The predicted octanol–water partition coefficient (Wildman–Crippen LogP) is 1.73. The van der Waals surface area contributed by atoms with Crippen LogP contribution in [0.4, 0.5) is 0 Å². The number of carboxylic acids is 1. The molecule has 0 bridgehead atoms. The lowest BCUT2D eigenvalue weighted by molar-refractivity contribution is -0.144. The number of carbonyl (C=O) groups excluding carboxylic acids is 1. The first-order valence-electron chi connectivity index (χ1n) is 8.34. The van der Waals surface area contributed by atoms with Gasteiger partial charge in [-0.25, -0.2) is 4.68 Å². The number of hydrogen-bond donors (Lipinski definition) is 2. The lowest BCUT2D eigenvalue weighted by Crippen LogP contribution is -2.39. The maximum absolute atomic E-state index is 12.3. The molecule has 1 aliphatic heterocycles. The van der Waals surface area contributed by atoms with Crippen LogP contribution in [0.25, 0.3) is 5.69 Å². The smallest absolute Gasteiger partial charge is 0.308 e. The number of benzene rings is 1. The van der Waals surface area contributed by atoms with E-state index in [2.05, 4.69) is 10.4 Å². The van der Waals surface area contributed by atoms with E-state index in [4.69, 9.17) is 4.74 Å². The van der Waals surface area contributed by atoms with Crippen LogP contribution in [0.3, 0.4) is 0 Å². The zero-order valence-corrected chi connectivity index (χ0v) is 13.8. The van der Waals surface area contributed by atoms with Gasteiger partial charge in [-0.2, -0.15) is 5.10 Å². The van der Waals surface area contributed by atoms with E-state index < -0.39 is 11.9 Å². The van der Waals surface area contributed by atoms with Gasteiger partial charge in [0, 0.05) is 37.7 Å². The van der Waals surface area contributed by atoms with Gasteiger partial charge in [0.25, 0.3) is 5.91 Å². The number of rotatable bonds is 6. The third-order valence-electron chi connectivity index (χ3n) is 4.53. The molecule has 7 nitrogen and oxygen atoms in total. The zero-order valence-electron chi connectivity index (χ0n) is 13.8. The second kappa shape index (κ2) is 7.94. The Balaban J connectivity index is 1.60. The number of amides is 1.